The van der Waals surface area contributed by atoms with E-state index in [1.54, 1.807) is 36.3 Å². The van der Waals surface area contributed by atoms with Gasteiger partial charge in [-0.15, -0.1) is 0 Å². The average Bonchev–Trinajstić information content (AvgIpc) is 3.58. The number of anilines is 1. The van der Waals surface area contributed by atoms with E-state index in [9.17, 15) is 19.5 Å². The van der Waals surface area contributed by atoms with Gasteiger partial charge in [0, 0.05) is 25.4 Å². The molecule has 3 N–H and O–H groups in total. The lowest BCUT2D eigenvalue weighted by Gasteiger charge is -2.34. The maximum atomic E-state index is 14.2. The number of amides is 3. The van der Waals surface area contributed by atoms with Gasteiger partial charge in [-0.3, -0.25) is 14.4 Å². The number of carbonyl (C=O) groups is 3. The molecule has 0 aromatic heterocycles. The number of aliphatic hydroxyl groups is 1. The van der Waals surface area contributed by atoms with Crippen LogP contribution in [0.4, 0.5) is 5.69 Å². The van der Waals surface area contributed by atoms with Gasteiger partial charge < -0.3 is 30.1 Å². The number of hydrogen-bond acceptors (Lipinski definition) is 6. The molecule has 2 unspecified atom stereocenters. The van der Waals surface area contributed by atoms with Crippen molar-refractivity contribution >= 4 is 23.4 Å². The second-order valence-electron chi connectivity index (χ2n) is 11.1. The zero-order chi connectivity index (χ0) is 28.3. The van der Waals surface area contributed by atoms with E-state index in [0.717, 1.165) is 12.0 Å². The number of carbonyl (C=O) groups excluding carboxylic acids is 3. The van der Waals surface area contributed by atoms with Gasteiger partial charge in [-0.2, -0.15) is 0 Å². The van der Waals surface area contributed by atoms with E-state index < -0.39 is 29.1 Å². The summed E-state index contributed by atoms with van der Waals surface area (Å²) in [5.41, 5.74) is -0.300. The highest BCUT2D eigenvalue weighted by atomic mass is 16.5. The molecule has 1 spiro atoms. The number of benzene rings is 2. The Balaban J connectivity index is 1.44. The Labute approximate surface area is 235 Å². The smallest absolute Gasteiger partial charge is 0.250 e. The Kier molecular flexibility index (Phi) is 8.14. The molecule has 40 heavy (non-hydrogen) atoms. The van der Waals surface area contributed by atoms with E-state index in [-0.39, 0.29) is 24.3 Å². The summed E-state index contributed by atoms with van der Waals surface area (Å²) >= 11 is 0. The molecule has 3 aliphatic rings. The highest BCUT2D eigenvalue weighted by Crippen LogP contribution is 2.64. The van der Waals surface area contributed by atoms with Gasteiger partial charge in [0.2, 0.25) is 17.7 Å². The lowest BCUT2D eigenvalue weighted by atomic mass is 9.65. The first kappa shape index (κ1) is 28.1. The third kappa shape index (κ3) is 4.86. The van der Waals surface area contributed by atoms with Crippen LogP contribution < -0.4 is 15.4 Å². The normalized spacial score (nSPS) is 28.4. The molecule has 3 saturated heterocycles. The number of aliphatic hydroxyl groups excluding tert-OH is 1. The van der Waals surface area contributed by atoms with Crippen molar-refractivity contribution in [2.24, 2.45) is 11.8 Å². The Morgan fingerprint density at radius 1 is 1.05 bits per heavy atom. The van der Waals surface area contributed by atoms with Crippen molar-refractivity contribution in [1.82, 2.24) is 10.2 Å². The van der Waals surface area contributed by atoms with Gasteiger partial charge in [0.15, 0.2) is 0 Å². The second-order valence-corrected chi connectivity index (χ2v) is 11.1. The predicted octanol–water partition coefficient (Wildman–Crippen LogP) is 3.27. The predicted molar refractivity (Wildman–Crippen MR) is 149 cm³/mol. The first-order valence-electron chi connectivity index (χ1n) is 14.3. The molecule has 0 saturated carbocycles. The molecule has 2 bridgehead atoms. The summed E-state index contributed by atoms with van der Waals surface area (Å²) in [5, 5.41) is 15.3. The second kappa shape index (κ2) is 11.6. The third-order valence-electron chi connectivity index (χ3n) is 8.94. The highest BCUT2D eigenvalue weighted by Gasteiger charge is 2.78. The van der Waals surface area contributed by atoms with E-state index in [1.807, 2.05) is 37.3 Å². The topological polar surface area (TPSA) is 117 Å². The van der Waals surface area contributed by atoms with Crippen LogP contribution in [0.2, 0.25) is 0 Å². The van der Waals surface area contributed by atoms with Crippen LogP contribution in [0.3, 0.4) is 0 Å². The lowest BCUT2D eigenvalue weighted by molar-refractivity contribution is -0.146. The molecule has 2 aromatic carbocycles. The summed E-state index contributed by atoms with van der Waals surface area (Å²) in [6, 6.07) is 15.8. The fourth-order valence-electron chi connectivity index (χ4n) is 7.01. The molecule has 3 fully saturated rings. The van der Waals surface area contributed by atoms with Gasteiger partial charge in [-0.1, -0.05) is 37.3 Å². The summed E-state index contributed by atoms with van der Waals surface area (Å²) in [6.45, 7) is 2.78. The van der Waals surface area contributed by atoms with Crippen molar-refractivity contribution in [2.75, 3.05) is 25.6 Å². The van der Waals surface area contributed by atoms with Crippen molar-refractivity contribution in [1.29, 1.82) is 0 Å². The number of methoxy groups -OCH3 is 1. The summed E-state index contributed by atoms with van der Waals surface area (Å²) in [5.74, 6) is -1.47. The summed E-state index contributed by atoms with van der Waals surface area (Å²) in [7, 11) is 1.58. The van der Waals surface area contributed by atoms with E-state index in [4.69, 9.17) is 9.47 Å². The van der Waals surface area contributed by atoms with Crippen LogP contribution in [0.25, 0.3) is 0 Å². The van der Waals surface area contributed by atoms with Crippen LogP contribution in [-0.4, -0.2) is 65.2 Å². The molecule has 3 aliphatic heterocycles. The quantitative estimate of drug-likeness (QED) is 0.350. The number of nitrogens with zero attached hydrogens (tertiary/aromatic N) is 1. The van der Waals surface area contributed by atoms with Crippen molar-refractivity contribution in [3.8, 4) is 5.75 Å². The lowest BCUT2D eigenvalue weighted by Crippen LogP contribution is -2.53. The van der Waals surface area contributed by atoms with Crippen molar-refractivity contribution < 1.29 is 29.0 Å². The molecule has 5 atom stereocenters. The van der Waals surface area contributed by atoms with E-state index in [1.165, 1.54) is 0 Å². The Bertz CT molecular complexity index is 1220. The number of nitrogens with one attached hydrogen (secondary N) is 2. The average molecular weight is 550 g/mol. The van der Waals surface area contributed by atoms with E-state index in [0.29, 0.717) is 56.6 Å². The SMILES string of the molecule is CC[C@@]12CCC3(O1)C(C(=O)Nc1ccc(OC)cc1)N(CCCCCO)C(=O)[C@@H]3[C@@H]2C(=O)NCc1ccccc1. The fourth-order valence-corrected chi connectivity index (χ4v) is 7.01. The molecule has 3 amide bonds. The molecule has 0 radical (unpaired) electrons. The van der Waals surface area contributed by atoms with Crippen LogP contribution >= 0.6 is 0 Å². The molecule has 9 nitrogen and oxygen atoms in total. The van der Waals surface area contributed by atoms with Gasteiger partial charge in [-0.05, 0) is 68.4 Å². The Morgan fingerprint density at radius 2 is 1.80 bits per heavy atom. The van der Waals surface area contributed by atoms with E-state index in [2.05, 4.69) is 10.6 Å². The van der Waals surface area contributed by atoms with Gasteiger partial charge in [0.1, 0.15) is 17.4 Å². The van der Waals surface area contributed by atoms with Crippen LogP contribution in [0.1, 0.15) is 51.0 Å². The minimum Gasteiger partial charge on any atom is -0.497 e. The molecule has 5 rings (SSSR count). The molecule has 0 aliphatic carbocycles. The minimum absolute atomic E-state index is 0.0771. The van der Waals surface area contributed by atoms with Gasteiger partial charge >= 0.3 is 0 Å². The summed E-state index contributed by atoms with van der Waals surface area (Å²) < 4.78 is 12.0. The van der Waals surface area contributed by atoms with Crippen LogP contribution in [0.5, 0.6) is 5.75 Å². The summed E-state index contributed by atoms with van der Waals surface area (Å²) in [4.78, 5) is 43.5. The Morgan fingerprint density at radius 3 is 2.48 bits per heavy atom. The molecule has 9 heteroatoms. The fraction of sp³-hybridized carbons (Fsp3) is 0.516. The number of likely N-dealkylation sites (tertiary alicyclic amines) is 1. The standard InChI is InChI=1S/C31H39N3O6/c1-3-30-16-17-31(40-30)25(24(30)27(36)32-20-21-10-6-4-7-11-21)29(38)34(18-8-5-9-19-35)26(31)28(37)33-22-12-14-23(39-2)15-13-22/h4,6-7,10-15,24-26,35H,3,5,8-9,16-20H2,1-2H3,(H,32,36)(H,33,37)/t24-,25+,26?,30+,31?/m1/s1. The zero-order valence-electron chi connectivity index (χ0n) is 23.2. The maximum absolute atomic E-state index is 14.2. The number of unbranched alkanes of at least 4 members (excludes halogenated alkanes) is 2. The maximum Gasteiger partial charge on any atom is 0.250 e. The summed E-state index contributed by atoms with van der Waals surface area (Å²) in [6.07, 6.45) is 3.72. The van der Waals surface area contributed by atoms with Gasteiger partial charge in [-0.25, -0.2) is 0 Å². The van der Waals surface area contributed by atoms with Crippen molar-refractivity contribution in [3.05, 3.63) is 60.2 Å². The molecular weight excluding hydrogens is 510 g/mol. The van der Waals surface area contributed by atoms with Gasteiger partial charge in [0.25, 0.3) is 0 Å². The first-order chi connectivity index (χ1) is 19.4. The number of rotatable bonds is 12. The largest absolute Gasteiger partial charge is 0.497 e. The van der Waals surface area contributed by atoms with Crippen LogP contribution in [-0.2, 0) is 25.7 Å². The molecular formula is C31H39N3O6. The van der Waals surface area contributed by atoms with E-state index >= 15 is 0 Å². The number of fused-ring (bicyclic) bond motifs is 1. The monoisotopic (exact) mass is 549 g/mol. The third-order valence-corrected chi connectivity index (χ3v) is 8.94. The first-order valence-corrected chi connectivity index (χ1v) is 14.3. The highest BCUT2D eigenvalue weighted by molar-refractivity contribution is 6.03. The minimum atomic E-state index is -1.07. The Hall–Kier alpha value is -3.43. The molecule has 3 heterocycles. The van der Waals surface area contributed by atoms with Crippen molar-refractivity contribution in [2.45, 2.75) is 69.2 Å². The molecule has 214 valence electrons. The van der Waals surface area contributed by atoms with Crippen molar-refractivity contribution in [3.63, 3.8) is 0 Å². The zero-order valence-corrected chi connectivity index (χ0v) is 23.2. The van der Waals surface area contributed by atoms with Crippen LogP contribution in [0, 0.1) is 11.8 Å². The number of hydrogen-bond donors (Lipinski definition) is 3. The van der Waals surface area contributed by atoms with Crippen LogP contribution in [0.15, 0.2) is 54.6 Å². The van der Waals surface area contributed by atoms with Gasteiger partial charge in [0.05, 0.1) is 24.5 Å². The molecule has 2 aromatic rings. The number of ether oxygens (including phenoxy) is 2.